The molecule has 0 saturated carbocycles. The molecule has 0 spiro atoms. The molecule has 0 aliphatic carbocycles. The number of piperazine rings is 1. The summed E-state index contributed by atoms with van der Waals surface area (Å²) in [5.74, 6) is -0.197. The number of carbonyl (C=O) groups is 1. The summed E-state index contributed by atoms with van der Waals surface area (Å²) in [5.41, 5.74) is 0. The van der Waals surface area contributed by atoms with Crippen LogP contribution in [0.2, 0.25) is 5.15 Å². The van der Waals surface area contributed by atoms with E-state index in [1.165, 1.54) is 6.33 Å². The summed E-state index contributed by atoms with van der Waals surface area (Å²) in [6, 6.07) is 1.06. The number of nitrogens with one attached hydrogen (secondary N) is 1. The van der Waals surface area contributed by atoms with Crippen LogP contribution in [0.4, 0.5) is 5.82 Å². The second-order valence-electron chi connectivity index (χ2n) is 3.49. The van der Waals surface area contributed by atoms with Crippen molar-refractivity contribution < 1.29 is 9.90 Å². The van der Waals surface area contributed by atoms with Gasteiger partial charge >= 0.3 is 5.97 Å². The second kappa shape index (κ2) is 4.63. The van der Waals surface area contributed by atoms with Crippen LogP contribution in [0.1, 0.15) is 0 Å². The zero-order chi connectivity index (χ0) is 11.5. The Bertz CT molecular complexity index is 401. The molecule has 2 rings (SSSR count). The fourth-order valence-electron chi connectivity index (χ4n) is 1.62. The van der Waals surface area contributed by atoms with Crippen LogP contribution in [0.5, 0.6) is 0 Å². The molecule has 0 aromatic carbocycles. The van der Waals surface area contributed by atoms with Crippen LogP contribution in [0.15, 0.2) is 12.4 Å². The third-order valence-corrected chi connectivity index (χ3v) is 2.62. The summed E-state index contributed by atoms with van der Waals surface area (Å²) in [6.07, 6.45) is 1.37. The van der Waals surface area contributed by atoms with Crippen LogP contribution < -0.4 is 10.2 Å². The number of halogens is 1. The number of aliphatic carboxylic acids is 1. The summed E-state index contributed by atoms with van der Waals surface area (Å²) in [4.78, 5) is 20.6. The Morgan fingerprint density at radius 2 is 2.44 bits per heavy atom. The van der Waals surface area contributed by atoms with Gasteiger partial charge in [-0.3, -0.25) is 4.79 Å². The molecule has 1 saturated heterocycles. The fraction of sp³-hybridized carbons (Fsp3) is 0.444. The van der Waals surface area contributed by atoms with Gasteiger partial charge in [-0.2, -0.15) is 0 Å². The lowest BCUT2D eigenvalue weighted by Gasteiger charge is -2.32. The number of hydrogen-bond donors (Lipinski definition) is 2. The molecule has 1 aromatic rings. The number of nitrogens with zero attached hydrogens (tertiary/aromatic N) is 3. The van der Waals surface area contributed by atoms with E-state index in [9.17, 15) is 4.79 Å². The molecule has 1 fully saturated rings. The van der Waals surface area contributed by atoms with Crippen molar-refractivity contribution in [1.82, 2.24) is 15.3 Å². The lowest BCUT2D eigenvalue weighted by Crippen LogP contribution is -2.54. The van der Waals surface area contributed by atoms with Gasteiger partial charge in [0.15, 0.2) is 0 Å². The standard InChI is InChI=1S/C9H11ClN4O2/c10-7-3-8(13-5-12-7)14-2-1-11-6(4-14)9(15)16/h3,5-6,11H,1-2,4H2,(H,15,16). The van der Waals surface area contributed by atoms with E-state index in [0.29, 0.717) is 30.6 Å². The van der Waals surface area contributed by atoms with Crippen molar-refractivity contribution >= 4 is 23.4 Å². The van der Waals surface area contributed by atoms with Gasteiger partial charge in [-0.25, -0.2) is 9.97 Å². The zero-order valence-electron chi connectivity index (χ0n) is 8.43. The van der Waals surface area contributed by atoms with Crippen LogP contribution >= 0.6 is 11.6 Å². The first-order valence-corrected chi connectivity index (χ1v) is 5.23. The Labute approximate surface area is 97.3 Å². The summed E-state index contributed by atoms with van der Waals surface area (Å²) < 4.78 is 0. The highest BCUT2D eigenvalue weighted by molar-refractivity contribution is 6.29. The molecule has 2 N–H and O–H groups in total. The van der Waals surface area contributed by atoms with E-state index in [-0.39, 0.29) is 0 Å². The van der Waals surface area contributed by atoms with Crippen molar-refractivity contribution in [2.45, 2.75) is 6.04 Å². The summed E-state index contributed by atoms with van der Waals surface area (Å²) in [5, 5.41) is 12.2. The zero-order valence-corrected chi connectivity index (χ0v) is 9.18. The Kier molecular flexibility index (Phi) is 3.21. The Hall–Kier alpha value is -1.40. The molecule has 0 radical (unpaired) electrons. The van der Waals surface area contributed by atoms with Crippen molar-refractivity contribution in [2.75, 3.05) is 24.5 Å². The van der Waals surface area contributed by atoms with Crippen LogP contribution in [-0.4, -0.2) is 46.7 Å². The van der Waals surface area contributed by atoms with Crippen molar-refractivity contribution in [3.8, 4) is 0 Å². The summed E-state index contributed by atoms with van der Waals surface area (Å²) in [7, 11) is 0. The van der Waals surface area contributed by atoms with Gasteiger partial charge in [-0.1, -0.05) is 11.6 Å². The molecule has 0 amide bonds. The molecule has 86 valence electrons. The lowest BCUT2D eigenvalue weighted by atomic mass is 10.2. The number of anilines is 1. The monoisotopic (exact) mass is 242 g/mol. The van der Waals surface area contributed by atoms with Crippen LogP contribution in [-0.2, 0) is 4.79 Å². The SMILES string of the molecule is O=C(O)C1CN(c2cc(Cl)ncn2)CCN1. The van der Waals surface area contributed by atoms with Crippen molar-refractivity contribution in [3.05, 3.63) is 17.5 Å². The Balaban J connectivity index is 2.12. The molecule has 7 heteroatoms. The minimum absolute atomic E-state index is 0.357. The molecule has 6 nitrogen and oxygen atoms in total. The molecule has 1 aliphatic rings. The largest absolute Gasteiger partial charge is 0.480 e. The average molecular weight is 243 g/mol. The summed E-state index contributed by atoms with van der Waals surface area (Å²) >= 11 is 5.75. The van der Waals surface area contributed by atoms with Gasteiger partial charge in [-0.05, 0) is 0 Å². The molecule has 1 aromatic heterocycles. The highest BCUT2D eigenvalue weighted by Crippen LogP contribution is 2.15. The number of hydrogen-bond acceptors (Lipinski definition) is 5. The highest BCUT2D eigenvalue weighted by atomic mass is 35.5. The predicted molar refractivity (Wildman–Crippen MR) is 58.7 cm³/mol. The molecule has 1 aliphatic heterocycles. The number of aromatic nitrogens is 2. The molecule has 1 unspecified atom stereocenters. The van der Waals surface area contributed by atoms with E-state index in [1.807, 2.05) is 4.90 Å². The van der Waals surface area contributed by atoms with Crippen LogP contribution in [0.25, 0.3) is 0 Å². The van der Waals surface area contributed by atoms with Crippen molar-refractivity contribution in [2.24, 2.45) is 0 Å². The van der Waals surface area contributed by atoms with E-state index >= 15 is 0 Å². The molecule has 0 bridgehead atoms. The minimum atomic E-state index is -0.857. The van der Waals surface area contributed by atoms with E-state index in [0.717, 1.165) is 0 Å². The quantitative estimate of drug-likeness (QED) is 0.711. The molecule has 2 heterocycles. The maximum Gasteiger partial charge on any atom is 0.322 e. The smallest absolute Gasteiger partial charge is 0.322 e. The van der Waals surface area contributed by atoms with Crippen LogP contribution in [0, 0.1) is 0 Å². The first kappa shape index (κ1) is 11.1. The number of carboxylic acid groups (broad SMARTS) is 1. The Morgan fingerprint density at radius 1 is 1.62 bits per heavy atom. The van der Waals surface area contributed by atoms with E-state index in [4.69, 9.17) is 16.7 Å². The number of carboxylic acids is 1. The first-order chi connectivity index (χ1) is 7.66. The fourth-order valence-corrected chi connectivity index (χ4v) is 1.76. The summed E-state index contributed by atoms with van der Waals surface area (Å²) in [6.45, 7) is 1.69. The lowest BCUT2D eigenvalue weighted by molar-refractivity contribution is -0.139. The van der Waals surface area contributed by atoms with Crippen molar-refractivity contribution in [3.63, 3.8) is 0 Å². The van der Waals surface area contributed by atoms with Gasteiger partial charge in [0.2, 0.25) is 0 Å². The average Bonchev–Trinajstić information content (AvgIpc) is 2.29. The normalized spacial score (nSPS) is 20.8. The third-order valence-electron chi connectivity index (χ3n) is 2.42. The predicted octanol–water partition coefficient (Wildman–Crippen LogP) is -0.00720. The second-order valence-corrected chi connectivity index (χ2v) is 3.88. The minimum Gasteiger partial charge on any atom is -0.480 e. The van der Waals surface area contributed by atoms with E-state index in [2.05, 4.69) is 15.3 Å². The van der Waals surface area contributed by atoms with E-state index < -0.39 is 12.0 Å². The van der Waals surface area contributed by atoms with Gasteiger partial charge in [0.1, 0.15) is 23.3 Å². The van der Waals surface area contributed by atoms with Gasteiger partial charge in [0, 0.05) is 25.7 Å². The van der Waals surface area contributed by atoms with Gasteiger partial charge < -0.3 is 15.3 Å². The molecular formula is C9H11ClN4O2. The van der Waals surface area contributed by atoms with Gasteiger partial charge in [-0.15, -0.1) is 0 Å². The highest BCUT2D eigenvalue weighted by Gasteiger charge is 2.25. The third kappa shape index (κ3) is 2.40. The van der Waals surface area contributed by atoms with Crippen molar-refractivity contribution in [1.29, 1.82) is 0 Å². The number of rotatable bonds is 2. The molecule has 1 atom stereocenters. The molecular weight excluding hydrogens is 232 g/mol. The maximum atomic E-state index is 10.9. The first-order valence-electron chi connectivity index (χ1n) is 4.85. The van der Waals surface area contributed by atoms with Gasteiger partial charge in [0.05, 0.1) is 0 Å². The topological polar surface area (TPSA) is 78.3 Å². The Morgan fingerprint density at radius 3 is 3.12 bits per heavy atom. The van der Waals surface area contributed by atoms with E-state index in [1.54, 1.807) is 6.07 Å². The molecule has 16 heavy (non-hydrogen) atoms. The van der Waals surface area contributed by atoms with Crippen LogP contribution in [0.3, 0.4) is 0 Å². The van der Waals surface area contributed by atoms with Gasteiger partial charge in [0.25, 0.3) is 0 Å². The maximum absolute atomic E-state index is 10.9.